The number of nitrogen functional groups attached to an aromatic ring is 1. The highest BCUT2D eigenvalue weighted by molar-refractivity contribution is 6.37. The van der Waals surface area contributed by atoms with Crippen LogP contribution in [0.5, 0.6) is 0 Å². The molecule has 0 unspecified atom stereocenters. The summed E-state index contributed by atoms with van der Waals surface area (Å²) >= 11 is 12.0. The van der Waals surface area contributed by atoms with E-state index in [1.165, 1.54) is 12.8 Å². The van der Waals surface area contributed by atoms with E-state index in [0.717, 1.165) is 25.7 Å². The van der Waals surface area contributed by atoms with Gasteiger partial charge in [-0.1, -0.05) is 30.1 Å². The second-order valence-corrected chi connectivity index (χ2v) is 5.39. The number of hydrogen-bond donors (Lipinski definition) is 3. The van der Waals surface area contributed by atoms with Gasteiger partial charge < -0.3 is 10.7 Å². The van der Waals surface area contributed by atoms with Crippen LogP contribution in [-0.4, -0.2) is 35.6 Å². The fourth-order valence-corrected chi connectivity index (χ4v) is 2.53. The molecule has 106 valence electrons. The van der Waals surface area contributed by atoms with Crippen LogP contribution in [0.4, 0.5) is 11.6 Å². The average Bonchev–Trinajstić information content (AvgIpc) is 3.21. The topological polar surface area (TPSA) is 66.2 Å². The standard InChI is InChI=1S/C12H19Cl2N5/c1-2-19(8-3-4-8)6-5-16-11-9(13)7-10(14)12(17-11)18-15/h7-8H,2-6,15H2,1H3,(H2,16,17,18). The normalized spacial score (nSPS) is 14.8. The van der Waals surface area contributed by atoms with Gasteiger partial charge in [0, 0.05) is 19.1 Å². The second-order valence-electron chi connectivity index (χ2n) is 4.58. The van der Waals surface area contributed by atoms with Gasteiger partial charge in [-0.3, -0.25) is 4.90 Å². The monoisotopic (exact) mass is 303 g/mol. The van der Waals surface area contributed by atoms with Crippen LogP contribution in [0.2, 0.25) is 10.0 Å². The minimum absolute atomic E-state index is 0.409. The molecule has 1 aromatic rings. The van der Waals surface area contributed by atoms with E-state index in [0.29, 0.717) is 21.7 Å². The summed E-state index contributed by atoms with van der Waals surface area (Å²) < 4.78 is 0. The first-order chi connectivity index (χ1) is 9.15. The molecule has 4 N–H and O–H groups in total. The van der Waals surface area contributed by atoms with Crippen molar-refractivity contribution in [2.75, 3.05) is 30.4 Å². The Morgan fingerprint density at radius 1 is 1.37 bits per heavy atom. The van der Waals surface area contributed by atoms with Crippen LogP contribution in [-0.2, 0) is 0 Å². The molecule has 1 aromatic heterocycles. The lowest BCUT2D eigenvalue weighted by Gasteiger charge is -2.20. The van der Waals surface area contributed by atoms with Crippen molar-refractivity contribution in [1.29, 1.82) is 0 Å². The molecule has 1 aliphatic rings. The third-order valence-corrected chi connectivity index (χ3v) is 3.80. The molecule has 0 aromatic carbocycles. The molecular formula is C12H19Cl2N5. The first-order valence-corrected chi connectivity index (χ1v) is 7.21. The third-order valence-electron chi connectivity index (χ3n) is 3.23. The Balaban J connectivity index is 1.91. The van der Waals surface area contributed by atoms with Gasteiger partial charge in [0.2, 0.25) is 0 Å². The average molecular weight is 304 g/mol. The number of nitrogens with zero attached hydrogens (tertiary/aromatic N) is 2. The maximum atomic E-state index is 6.09. The third kappa shape index (κ3) is 3.86. The predicted molar refractivity (Wildman–Crippen MR) is 80.8 cm³/mol. The van der Waals surface area contributed by atoms with Crippen LogP contribution < -0.4 is 16.6 Å². The Morgan fingerprint density at radius 3 is 2.63 bits per heavy atom. The summed E-state index contributed by atoms with van der Waals surface area (Å²) in [6.07, 6.45) is 2.63. The summed E-state index contributed by atoms with van der Waals surface area (Å²) in [4.78, 5) is 6.70. The minimum Gasteiger partial charge on any atom is -0.367 e. The molecule has 0 aliphatic heterocycles. The van der Waals surface area contributed by atoms with Crippen molar-refractivity contribution in [3.63, 3.8) is 0 Å². The Bertz CT molecular complexity index is 436. The van der Waals surface area contributed by atoms with E-state index in [4.69, 9.17) is 29.0 Å². The molecule has 2 rings (SSSR count). The zero-order valence-electron chi connectivity index (χ0n) is 10.9. The Hall–Kier alpha value is -0.750. The molecule has 7 heteroatoms. The molecule has 0 saturated heterocycles. The lowest BCUT2D eigenvalue weighted by molar-refractivity contribution is 0.289. The summed E-state index contributed by atoms with van der Waals surface area (Å²) in [6.45, 7) is 5.03. The Kier molecular flexibility index (Phi) is 5.10. The highest BCUT2D eigenvalue weighted by Gasteiger charge is 2.27. The number of likely N-dealkylation sites (N-methyl/N-ethyl adjacent to an activating group) is 1. The van der Waals surface area contributed by atoms with E-state index in [2.05, 4.69) is 27.6 Å². The first-order valence-electron chi connectivity index (χ1n) is 6.46. The summed E-state index contributed by atoms with van der Waals surface area (Å²) in [5.41, 5.74) is 2.45. The van der Waals surface area contributed by atoms with Crippen molar-refractivity contribution < 1.29 is 0 Å². The van der Waals surface area contributed by atoms with E-state index < -0.39 is 0 Å². The van der Waals surface area contributed by atoms with E-state index in [1.807, 2.05) is 0 Å². The zero-order valence-corrected chi connectivity index (χ0v) is 12.4. The quantitative estimate of drug-likeness (QED) is 0.534. The fourth-order valence-electron chi connectivity index (χ4n) is 2.05. The molecule has 0 radical (unpaired) electrons. The van der Waals surface area contributed by atoms with Gasteiger partial charge in [-0.25, -0.2) is 10.8 Å². The molecule has 0 amide bonds. The zero-order chi connectivity index (χ0) is 13.8. The summed E-state index contributed by atoms with van der Waals surface area (Å²) in [7, 11) is 0. The van der Waals surface area contributed by atoms with Crippen molar-refractivity contribution in [3.05, 3.63) is 16.1 Å². The number of rotatable bonds is 7. The molecule has 1 aliphatic carbocycles. The molecule has 19 heavy (non-hydrogen) atoms. The Labute approximate surface area is 123 Å². The maximum absolute atomic E-state index is 6.09. The van der Waals surface area contributed by atoms with Crippen molar-refractivity contribution >= 4 is 34.8 Å². The van der Waals surface area contributed by atoms with Crippen LogP contribution in [0.1, 0.15) is 19.8 Å². The SMILES string of the molecule is CCN(CCNc1nc(NN)c(Cl)cc1Cl)C1CC1. The summed E-state index contributed by atoms with van der Waals surface area (Å²) in [6, 6.07) is 2.40. The minimum atomic E-state index is 0.409. The summed E-state index contributed by atoms with van der Waals surface area (Å²) in [5.74, 6) is 6.36. The van der Waals surface area contributed by atoms with Gasteiger partial charge in [0.1, 0.15) is 5.82 Å². The smallest absolute Gasteiger partial charge is 0.161 e. The largest absolute Gasteiger partial charge is 0.367 e. The fraction of sp³-hybridized carbons (Fsp3) is 0.583. The number of nitrogens with two attached hydrogens (primary N) is 1. The second kappa shape index (κ2) is 6.61. The van der Waals surface area contributed by atoms with E-state index >= 15 is 0 Å². The van der Waals surface area contributed by atoms with Crippen LogP contribution in [0.15, 0.2) is 6.07 Å². The lowest BCUT2D eigenvalue weighted by Crippen LogP contribution is -2.31. The van der Waals surface area contributed by atoms with Crippen molar-refractivity contribution in [2.24, 2.45) is 5.84 Å². The highest BCUT2D eigenvalue weighted by atomic mass is 35.5. The number of hydrazine groups is 1. The van der Waals surface area contributed by atoms with Crippen LogP contribution in [0.3, 0.4) is 0 Å². The van der Waals surface area contributed by atoms with Crippen LogP contribution in [0, 0.1) is 0 Å². The van der Waals surface area contributed by atoms with Crippen molar-refractivity contribution in [3.8, 4) is 0 Å². The molecule has 1 heterocycles. The molecule has 0 bridgehead atoms. The van der Waals surface area contributed by atoms with Crippen molar-refractivity contribution in [2.45, 2.75) is 25.8 Å². The number of anilines is 2. The van der Waals surface area contributed by atoms with Crippen molar-refractivity contribution in [1.82, 2.24) is 9.88 Å². The van der Waals surface area contributed by atoms with Gasteiger partial charge >= 0.3 is 0 Å². The molecule has 0 spiro atoms. The molecular weight excluding hydrogens is 285 g/mol. The highest BCUT2D eigenvalue weighted by Crippen LogP contribution is 2.29. The van der Waals surface area contributed by atoms with E-state index in [9.17, 15) is 0 Å². The number of aromatic nitrogens is 1. The molecule has 5 nitrogen and oxygen atoms in total. The molecule has 1 saturated carbocycles. The number of nitrogens with one attached hydrogen (secondary N) is 2. The van der Waals surface area contributed by atoms with Crippen LogP contribution in [0.25, 0.3) is 0 Å². The van der Waals surface area contributed by atoms with E-state index in [1.54, 1.807) is 6.07 Å². The number of halogens is 2. The maximum Gasteiger partial charge on any atom is 0.161 e. The molecule has 1 fully saturated rings. The Morgan fingerprint density at radius 2 is 2.05 bits per heavy atom. The van der Waals surface area contributed by atoms with Gasteiger partial charge in [0.25, 0.3) is 0 Å². The summed E-state index contributed by atoms with van der Waals surface area (Å²) in [5, 5.41) is 4.13. The van der Waals surface area contributed by atoms with Gasteiger partial charge in [-0.2, -0.15) is 0 Å². The first kappa shape index (κ1) is 14.7. The van der Waals surface area contributed by atoms with E-state index in [-0.39, 0.29) is 0 Å². The van der Waals surface area contributed by atoms with Gasteiger partial charge in [-0.05, 0) is 25.5 Å². The van der Waals surface area contributed by atoms with Gasteiger partial charge in [0.15, 0.2) is 5.82 Å². The van der Waals surface area contributed by atoms with Gasteiger partial charge in [-0.15, -0.1) is 0 Å². The molecule has 0 atom stereocenters. The number of pyridine rings is 1. The van der Waals surface area contributed by atoms with Gasteiger partial charge in [0.05, 0.1) is 10.0 Å². The lowest BCUT2D eigenvalue weighted by atomic mass is 10.4. The van der Waals surface area contributed by atoms with Crippen LogP contribution >= 0.6 is 23.2 Å². The number of hydrogen-bond acceptors (Lipinski definition) is 5. The predicted octanol–water partition coefficient (Wildman–Crippen LogP) is 2.57.